The molecule has 0 aliphatic carbocycles. The first-order valence-electron chi connectivity index (χ1n) is 7.53. The van der Waals surface area contributed by atoms with Gasteiger partial charge in [0.15, 0.2) is 11.6 Å². The summed E-state index contributed by atoms with van der Waals surface area (Å²) in [7, 11) is 0. The number of alkyl halides is 1. The van der Waals surface area contributed by atoms with Crippen molar-refractivity contribution in [2.24, 2.45) is 0 Å². The molecule has 0 aromatic carbocycles. The van der Waals surface area contributed by atoms with Crippen LogP contribution in [0, 0.1) is 0 Å². The Morgan fingerprint density at radius 2 is 1.95 bits per heavy atom. The van der Waals surface area contributed by atoms with E-state index < -0.39 is 0 Å². The summed E-state index contributed by atoms with van der Waals surface area (Å²) in [5, 5.41) is 3.64. The third kappa shape index (κ3) is 5.14. The quantitative estimate of drug-likeness (QED) is 0.589. The number of ether oxygens (including phenoxy) is 1. The summed E-state index contributed by atoms with van der Waals surface area (Å²) in [5.74, 6) is 0.314. The summed E-state index contributed by atoms with van der Waals surface area (Å²) < 4.78 is 10.6. The number of hydrogen-bond acceptors (Lipinski definition) is 4. The van der Waals surface area contributed by atoms with Crippen LogP contribution in [0.4, 0.5) is 5.88 Å². The van der Waals surface area contributed by atoms with E-state index in [2.05, 4.69) is 21.2 Å². The van der Waals surface area contributed by atoms with E-state index in [0.29, 0.717) is 38.6 Å². The van der Waals surface area contributed by atoms with Gasteiger partial charge in [-0.1, -0.05) is 22.4 Å². The van der Waals surface area contributed by atoms with Crippen molar-refractivity contribution < 1.29 is 18.7 Å². The molecule has 1 aromatic rings. The second kappa shape index (κ2) is 8.95. The Balaban J connectivity index is 1.80. The Kier molecular flexibility index (Phi) is 6.92. The van der Waals surface area contributed by atoms with E-state index in [1.165, 1.54) is 0 Å². The highest BCUT2D eigenvalue weighted by atomic mass is 79.9. The monoisotopic (exact) mass is 372 g/mol. The van der Waals surface area contributed by atoms with Gasteiger partial charge in [-0.3, -0.25) is 14.9 Å². The smallest absolute Gasteiger partial charge is 0.289 e. The molecule has 1 saturated heterocycles. The highest BCUT2D eigenvalue weighted by molar-refractivity contribution is 9.09. The fourth-order valence-electron chi connectivity index (χ4n) is 2.20. The molecule has 2 heterocycles. The normalized spacial score (nSPS) is 14.9. The van der Waals surface area contributed by atoms with Gasteiger partial charge in [-0.25, -0.2) is 0 Å². The van der Waals surface area contributed by atoms with Gasteiger partial charge in [0, 0.05) is 30.9 Å². The lowest BCUT2D eigenvalue weighted by atomic mass is 10.2. The van der Waals surface area contributed by atoms with Crippen LogP contribution in [-0.2, 0) is 9.53 Å². The summed E-state index contributed by atoms with van der Waals surface area (Å²) >= 11 is 3.36. The molecule has 0 atom stereocenters. The maximum absolute atomic E-state index is 12.2. The number of halogens is 1. The van der Waals surface area contributed by atoms with Crippen LogP contribution >= 0.6 is 15.9 Å². The van der Waals surface area contributed by atoms with Gasteiger partial charge in [-0.2, -0.15) is 0 Å². The van der Waals surface area contributed by atoms with Crippen LogP contribution in [0.15, 0.2) is 16.5 Å². The topological polar surface area (TPSA) is 71.8 Å². The van der Waals surface area contributed by atoms with Crippen molar-refractivity contribution in [1.29, 1.82) is 0 Å². The fourth-order valence-corrected chi connectivity index (χ4v) is 2.60. The molecule has 6 nitrogen and oxygen atoms in total. The molecule has 1 aromatic heterocycles. The fraction of sp³-hybridized carbons (Fsp3) is 0.600. The average Bonchev–Trinajstić information content (AvgIpc) is 3.00. The summed E-state index contributed by atoms with van der Waals surface area (Å²) in [5.41, 5.74) is 0. The number of hydrogen-bond donors (Lipinski definition) is 1. The molecule has 0 spiro atoms. The molecule has 1 aliphatic heterocycles. The summed E-state index contributed by atoms with van der Waals surface area (Å²) in [6, 6.07) is 3.21. The van der Waals surface area contributed by atoms with E-state index >= 15 is 0 Å². The lowest BCUT2D eigenvalue weighted by Gasteiger charge is -2.25. The van der Waals surface area contributed by atoms with Crippen LogP contribution in [-0.4, -0.2) is 48.3 Å². The van der Waals surface area contributed by atoms with Crippen molar-refractivity contribution in [3.8, 4) is 0 Å². The van der Waals surface area contributed by atoms with E-state index in [-0.39, 0.29) is 17.6 Å². The molecule has 22 heavy (non-hydrogen) atoms. The predicted molar refractivity (Wildman–Crippen MR) is 86.3 cm³/mol. The minimum Gasteiger partial charge on any atom is -0.435 e. The standard InChI is InChI=1S/C15H21BrN2O4/c16-7-3-1-2-4-13(19)17-14-6-5-12(22-14)15(20)18-8-10-21-11-9-18/h5-6H,1-4,7-11H2,(H,17,19). The zero-order chi connectivity index (χ0) is 15.8. The number of amides is 2. The SMILES string of the molecule is O=C(CCCCCBr)Nc1ccc(C(=O)N2CCOCC2)o1. The maximum Gasteiger partial charge on any atom is 0.289 e. The molecule has 0 saturated carbocycles. The highest BCUT2D eigenvalue weighted by Gasteiger charge is 2.21. The number of nitrogens with one attached hydrogen (secondary N) is 1. The van der Waals surface area contributed by atoms with Crippen molar-refractivity contribution in [3.05, 3.63) is 17.9 Å². The van der Waals surface area contributed by atoms with Crippen LogP contribution in [0.1, 0.15) is 36.2 Å². The van der Waals surface area contributed by atoms with Crippen molar-refractivity contribution in [2.75, 3.05) is 37.0 Å². The average molecular weight is 373 g/mol. The van der Waals surface area contributed by atoms with Gasteiger partial charge in [0.05, 0.1) is 13.2 Å². The van der Waals surface area contributed by atoms with Crippen molar-refractivity contribution in [2.45, 2.75) is 25.7 Å². The zero-order valence-corrected chi connectivity index (χ0v) is 14.1. The molecule has 2 rings (SSSR count). The lowest BCUT2D eigenvalue weighted by molar-refractivity contribution is -0.116. The van der Waals surface area contributed by atoms with Gasteiger partial charge < -0.3 is 14.1 Å². The molecule has 122 valence electrons. The van der Waals surface area contributed by atoms with Crippen molar-refractivity contribution >= 4 is 33.6 Å². The van der Waals surface area contributed by atoms with Crippen LogP contribution in [0.3, 0.4) is 0 Å². The van der Waals surface area contributed by atoms with Gasteiger partial charge in [0.1, 0.15) is 0 Å². The molecule has 7 heteroatoms. The van der Waals surface area contributed by atoms with Crippen LogP contribution in [0.25, 0.3) is 0 Å². The van der Waals surface area contributed by atoms with Crippen molar-refractivity contribution in [3.63, 3.8) is 0 Å². The number of rotatable bonds is 7. The lowest BCUT2D eigenvalue weighted by Crippen LogP contribution is -2.40. The largest absolute Gasteiger partial charge is 0.435 e. The van der Waals surface area contributed by atoms with Crippen molar-refractivity contribution in [1.82, 2.24) is 4.90 Å². The zero-order valence-electron chi connectivity index (χ0n) is 12.5. The summed E-state index contributed by atoms with van der Waals surface area (Å²) in [6.45, 7) is 2.22. The van der Waals surface area contributed by atoms with Gasteiger partial charge >= 0.3 is 0 Å². The Morgan fingerprint density at radius 1 is 1.18 bits per heavy atom. The third-order valence-electron chi connectivity index (χ3n) is 3.42. The van der Waals surface area contributed by atoms with Crippen LogP contribution in [0.5, 0.6) is 0 Å². The van der Waals surface area contributed by atoms with Crippen LogP contribution < -0.4 is 5.32 Å². The molecule has 1 N–H and O–H groups in total. The Morgan fingerprint density at radius 3 is 2.68 bits per heavy atom. The second-order valence-electron chi connectivity index (χ2n) is 5.12. The number of carbonyl (C=O) groups excluding carboxylic acids is 2. The molecule has 1 fully saturated rings. The number of nitrogens with zero attached hydrogens (tertiary/aromatic N) is 1. The van der Waals surface area contributed by atoms with Gasteiger partial charge in [-0.05, 0) is 18.9 Å². The van der Waals surface area contributed by atoms with Gasteiger partial charge in [0.25, 0.3) is 5.91 Å². The minimum atomic E-state index is -0.166. The number of carbonyl (C=O) groups is 2. The molecule has 0 radical (unpaired) electrons. The van der Waals surface area contributed by atoms with E-state index in [9.17, 15) is 9.59 Å². The molecule has 2 amide bonds. The number of unbranched alkanes of at least 4 members (excludes halogenated alkanes) is 2. The first kappa shape index (κ1) is 17.0. The number of anilines is 1. The predicted octanol–water partition coefficient (Wildman–Crippen LogP) is 2.65. The van der Waals surface area contributed by atoms with E-state index in [0.717, 1.165) is 24.6 Å². The molecular weight excluding hydrogens is 352 g/mol. The van der Waals surface area contributed by atoms with E-state index in [1.807, 2.05) is 0 Å². The van der Waals surface area contributed by atoms with Gasteiger partial charge in [0.2, 0.25) is 5.91 Å². The molecule has 0 unspecified atom stereocenters. The summed E-state index contributed by atoms with van der Waals surface area (Å²) in [4.78, 5) is 25.7. The Labute approximate surface area is 138 Å². The van der Waals surface area contributed by atoms with Gasteiger partial charge in [-0.15, -0.1) is 0 Å². The van der Waals surface area contributed by atoms with E-state index in [4.69, 9.17) is 9.15 Å². The molecular formula is C15H21BrN2O4. The second-order valence-corrected chi connectivity index (χ2v) is 5.91. The Hall–Kier alpha value is -1.34. The minimum absolute atomic E-state index is 0.0886. The number of morpholine rings is 1. The highest BCUT2D eigenvalue weighted by Crippen LogP contribution is 2.16. The number of furan rings is 1. The molecule has 0 bridgehead atoms. The maximum atomic E-state index is 12.2. The van der Waals surface area contributed by atoms with Crippen LogP contribution in [0.2, 0.25) is 0 Å². The third-order valence-corrected chi connectivity index (χ3v) is 3.98. The van der Waals surface area contributed by atoms with E-state index in [1.54, 1.807) is 17.0 Å². The Bertz CT molecular complexity index is 497. The first-order chi connectivity index (χ1) is 10.7. The summed E-state index contributed by atoms with van der Waals surface area (Å²) in [6.07, 6.45) is 3.38. The first-order valence-corrected chi connectivity index (χ1v) is 8.65. The molecule has 1 aliphatic rings.